The van der Waals surface area contributed by atoms with E-state index in [-0.39, 0.29) is 18.1 Å². The molecule has 5 nitrogen and oxygen atoms in total. The lowest BCUT2D eigenvalue weighted by atomic mass is 10.4. The Labute approximate surface area is 112 Å². The van der Waals surface area contributed by atoms with Crippen LogP contribution in [0, 0.1) is 0 Å². The van der Waals surface area contributed by atoms with E-state index in [0.29, 0.717) is 11.3 Å². The zero-order chi connectivity index (χ0) is 14.7. The summed E-state index contributed by atoms with van der Waals surface area (Å²) in [4.78, 5) is 9.75. The van der Waals surface area contributed by atoms with Crippen LogP contribution in [0.15, 0.2) is 12.1 Å². The van der Waals surface area contributed by atoms with Gasteiger partial charge in [-0.3, -0.25) is 4.57 Å². The third-order valence-electron chi connectivity index (χ3n) is 2.06. The van der Waals surface area contributed by atoms with Gasteiger partial charge in [0, 0.05) is 0 Å². The van der Waals surface area contributed by atoms with Crippen LogP contribution >= 0.6 is 18.9 Å². The standard InChI is InChI=1S/C10H13F2O5PS/c1-3-16-18(15,17-4-2)10(11,12)8-6-5-7(19-8)9(13)14/h5-6H,3-4H2,1-2H3,(H,13,14). The minimum absolute atomic E-state index is 0.204. The van der Waals surface area contributed by atoms with Crippen LogP contribution in [0.4, 0.5) is 8.78 Å². The quantitative estimate of drug-likeness (QED) is 0.776. The highest BCUT2D eigenvalue weighted by Gasteiger charge is 2.55. The average Bonchev–Trinajstić information content (AvgIpc) is 2.79. The monoisotopic (exact) mass is 314 g/mol. The number of halogens is 2. The Bertz CT molecular complexity index is 492. The van der Waals surface area contributed by atoms with Gasteiger partial charge in [0.05, 0.1) is 18.1 Å². The molecule has 9 heteroatoms. The molecule has 0 radical (unpaired) electrons. The number of hydrogen-bond acceptors (Lipinski definition) is 5. The highest BCUT2D eigenvalue weighted by atomic mass is 32.1. The minimum atomic E-state index is -4.68. The summed E-state index contributed by atoms with van der Waals surface area (Å²) >= 11 is 0.345. The molecule has 19 heavy (non-hydrogen) atoms. The molecule has 1 aromatic rings. The maximum atomic E-state index is 14.2. The summed E-state index contributed by atoms with van der Waals surface area (Å²) < 4.78 is 49.6. The Kier molecular flexibility index (Phi) is 5.20. The van der Waals surface area contributed by atoms with Crippen molar-refractivity contribution in [2.24, 2.45) is 0 Å². The normalized spacial score (nSPS) is 12.6. The van der Waals surface area contributed by atoms with Crippen LogP contribution in [0.2, 0.25) is 0 Å². The molecule has 108 valence electrons. The number of aromatic carboxylic acids is 1. The first-order chi connectivity index (χ1) is 8.78. The summed E-state index contributed by atoms with van der Waals surface area (Å²) in [5.41, 5.74) is -3.88. The van der Waals surface area contributed by atoms with Crippen LogP contribution in [0.25, 0.3) is 0 Å². The van der Waals surface area contributed by atoms with Crippen LogP contribution in [0.3, 0.4) is 0 Å². The Morgan fingerprint density at radius 2 is 1.89 bits per heavy atom. The van der Waals surface area contributed by atoms with E-state index in [2.05, 4.69) is 9.05 Å². The molecule has 0 aromatic carbocycles. The first-order valence-electron chi connectivity index (χ1n) is 5.39. The minimum Gasteiger partial charge on any atom is -0.477 e. The number of hydrogen-bond donors (Lipinski definition) is 1. The molecule has 0 saturated heterocycles. The maximum Gasteiger partial charge on any atom is 0.405 e. The predicted molar refractivity (Wildman–Crippen MR) is 66.0 cm³/mol. The van der Waals surface area contributed by atoms with Gasteiger partial charge in [0.2, 0.25) is 0 Å². The molecule has 1 heterocycles. The van der Waals surface area contributed by atoms with Crippen molar-refractivity contribution in [1.29, 1.82) is 0 Å². The molecule has 0 unspecified atom stereocenters. The molecular formula is C10H13F2O5PS. The van der Waals surface area contributed by atoms with Crippen molar-refractivity contribution < 1.29 is 32.3 Å². The van der Waals surface area contributed by atoms with Crippen molar-refractivity contribution in [3.05, 3.63) is 21.9 Å². The molecule has 0 atom stereocenters. The summed E-state index contributed by atoms with van der Waals surface area (Å²) in [6, 6.07) is 1.94. The van der Waals surface area contributed by atoms with Gasteiger partial charge in [-0.15, -0.1) is 11.3 Å². The second-order valence-corrected chi connectivity index (χ2v) is 6.50. The zero-order valence-corrected chi connectivity index (χ0v) is 12.0. The largest absolute Gasteiger partial charge is 0.477 e. The fourth-order valence-corrected chi connectivity index (χ4v) is 3.90. The Morgan fingerprint density at radius 3 is 2.26 bits per heavy atom. The number of carboxylic acids is 1. The summed E-state index contributed by atoms with van der Waals surface area (Å²) in [5, 5.41) is 8.71. The van der Waals surface area contributed by atoms with E-state index < -0.39 is 24.1 Å². The smallest absolute Gasteiger partial charge is 0.405 e. The first-order valence-corrected chi connectivity index (χ1v) is 7.75. The van der Waals surface area contributed by atoms with Gasteiger partial charge in [-0.25, -0.2) is 4.79 Å². The van der Waals surface area contributed by atoms with Crippen molar-refractivity contribution in [3.63, 3.8) is 0 Å². The maximum absolute atomic E-state index is 14.2. The lowest BCUT2D eigenvalue weighted by Crippen LogP contribution is -2.17. The topological polar surface area (TPSA) is 72.8 Å². The molecule has 0 amide bonds. The average molecular weight is 314 g/mol. The number of rotatable bonds is 7. The fraction of sp³-hybridized carbons (Fsp3) is 0.500. The summed E-state index contributed by atoms with van der Waals surface area (Å²) in [7, 11) is -4.68. The van der Waals surface area contributed by atoms with E-state index in [1.165, 1.54) is 13.8 Å². The molecule has 0 aliphatic rings. The molecule has 1 rings (SSSR count). The van der Waals surface area contributed by atoms with Gasteiger partial charge in [0.25, 0.3) is 0 Å². The van der Waals surface area contributed by atoms with E-state index in [1.54, 1.807) is 0 Å². The van der Waals surface area contributed by atoms with Gasteiger partial charge in [0.1, 0.15) is 4.88 Å². The molecule has 1 aromatic heterocycles. The fourth-order valence-electron chi connectivity index (χ4n) is 1.29. The Hall–Kier alpha value is -0.820. The van der Waals surface area contributed by atoms with Gasteiger partial charge >= 0.3 is 19.2 Å². The highest BCUT2D eigenvalue weighted by Crippen LogP contribution is 2.67. The number of carboxylic acid groups (broad SMARTS) is 1. The lowest BCUT2D eigenvalue weighted by Gasteiger charge is -2.24. The van der Waals surface area contributed by atoms with Gasteiger partial charge in [-0.2, -0.15) is 8.78 Å². The summed E-state index contributed by atoms with van der Waals surface area (Å²) in [6.07, 6.45) is 0. The molecule has 0 saturated carbocycles. The van der Waals surface area contributed by atoms with Gasteiger partial charge < -0.3 is 14.2 Å². The van der Waals surface area contributed by atoms with Gasteiger partial charge in [-0.1, -0.05) is 0 Å². The van der Waals surface area contributed by atoms with Crippen molar-refractivity contribution in [1.82, 2.24) is 0 Å². The van der Waals surface area contributed by atoms with Crippen LogP contribution < -0.4 is 0 Å². The van der Waals surface area contributed by atoms with E-state index in [4.69, 9.17) is 5.11 Å². The molecule has 0 aliphatic carbocycles. The van der Waals surface area contributed by atoms with Gasteiger partial charge in [-0.05, 0) is 26.0 Å². The zero-order valence-electron chi connectivity index (χ0n) is 10.3. The Balaban J connectivity index is 3.18. The van der Waals surface area contributed by atoms with E-state index in [9.17, 15) is 18.1 Å². The van der Waals surface area contributed by atoms with E-state index in [1.807, 2.05) is 0 Å². The van der Waals surface area contributed by atoms with Crippen LogP contribution in [0.1, 0.15) is 28.4 Å². The predicted octanol–water partition coefficient (Wildman–Crippen LogP) is 3.76. The number of carbonyl (C=O) groups is 1. The first kappa shape index (κ1) is 16.2. The summed E-state index contributed by atoms with van der Waals surface area (Å²) in [6.45, 7) is 2.42. The molecular weight excluding hydrogens is 301 g/mol. The second kappa shape index (κ2) is 6.09. The van der Waals surface area contributed by atoms with Crippen molar-refractivity contribution in [3.8, 4) is 0 Å². The molecule has 0 bridgehead atoms. The van der Waals surface area contributed by atoms with Crippen LogP contribution in [-0.2, 0) is 19.3 Å². The third kappa shape index (κ3) is 3.20. The molecule has 0 aliphatic heterocycles. The third-order valence-corrected chi connectivity index (χ3v) is 5.47. The van der Waals surface area contributed by atoms with Gasteiger partial charge in [0.15, 0.2) is 0 Å². The van der Waals surface area contributed by atoms with Crippen molar-refractivity contribution >= 4 is 24.9 Å². The lowest BCUT2D eigenvalue weighted by molar-refractivity contribution is 0.0391. The second-order valence-electron chi connectivity index (χ2n) is 3.34. The number of thiophene rings is 1. The highest BCUT2D eigenvalue weighted by molar-refractivity contribution is 7.55. The van der Waals surface area contributed by atoms with Crippen molar-refractivity contribution in [2.45, 2.75) is 19.5 Å². The van der Waals surface area contributed by atoms with E-state index >= 15 is 0 Å². The number of alkyl halides is 2. The molecule has 0 fully saturated rings. The summed E-state index contributed by atoms with van der Waals surface area (Å²) in [5.74, 6) is -1.32. The van der Waals surface area contributed by atoms with Crippen molar-refractivity contribution in [2.75, 3.05) is 13.2 Å². The SMILES string of the molecule is CCOP(=O)(OCC)C(F)(F)c1ccc(C(=O)O)s1. The molecule has 0 spiro atoms. The van der Waals surface area contributed by atoms with Crippen LogP contribution in [0.5, 0.6) is 0 Å². The molecule has 1 N–H and O–H groups in total. The van der Waals surface area contributed by atoms with E-state index in [0.717, 1.165) is 12.1 Å². The Morgan fingerprint density at radius 1 is 1.37 bits per heavy atom. The van der Waals surface area contributed by atoms with Crippen LogP contribution in [-0.4, -0.2) is 24.3 Å².